The lowest BCUT2D eigenvalue weighted by atomic mass is 9.94. The summed E-state index contributed by atoms with van der Waals surface area (Å²) < 4.78 is 0. The molecular weight excluding hydrogens is 262 g/mol. The van der Waals surface area contributed by atoms with E-state index in [2.05, 4.69) is 16.7 Å². The van der Waals surface area contributed by atoms with Gasteiger partial charge < -0.3 is 10.6 Å². The molecule has 2 aliphatic rings. The number of carbonyl (C=O) groups excluding carboxylic acids is 1. The van der Waals surface area contributed by atoms with Gasteiger partial charge >= 0.3 is 0 Å². The fraction of sp³-hybridized carbons (Fsp3) is 0.941. The smallest absolute Gasteiger partial charge is 0.222 e. The van der Waals surface area contributed by atoms with Crippen LogP contribution in [0.1, 0.15) is 58.3 Å². The zero-order valence-electron chi connectivity index (χ0n) is 13.7. The molecule has 2 heterocycles. The van der Waals surface area contributed by atoms with Gasteiger partial charge in [0.2, 0.25) is 5.91 Å². The van der Waals surface area contributed by atoms with E-state index in [4.69, 9.17) is 5.73 Å². The van der Waals surface area contributed by atoms with Gasteiger partial charge in [-0.3, -0.25) is 9.69 Å². The molecule has 0 aromatic carbocycles. The minimum atomic E-state index is 0.377. The number of nitrogens with zero attached hydrogens (tertiary/aromatic N) is 2. The Morgan fingerprint density at radius 2 is 2.00 bits per heavy atom. The molecule has 0 aliphatic carbocycles. The SMILES string of the molecule is CCCC(CCN)CCC(=O)N1CCCN2CCCC2C1. The quantitative estimate of drug-likeness (QED) is 0.783. The molecule has 2 unspecified atom stereocenters. The highest BCUT2D eigenvalue weighted by Gasteiger charge is 2.30. The Balaban J connectivity index is 1.78. The fourth-order valence-corrected chi connectivity index (χ4v) is 4.00. The van der Waals surface area contributed by atoms with Crippen molar-refractivity contribution >= 4 is 5.91 Å². The number of hydrogen-bond acceptors (Lipinski definition) is 3. The standard InChI is InChI=1S/C17H33N3O/c1-2-5-15(9-10-18)7-8-17(21)20-13-4-12-19-11-3-6-16(19)14-20/h15-16H,2-14,18H2,1H3. The van der Waals surface area contributed by atoms with E-state index in [-0.39, 0.29) is 0 Å². The molecule has 0 aromatic rings. The first kappa shape index (κ1) is 16.8. The molecule has 2 N–H and O–H groups in total. The van der Waals surface area contributed by atoms with Crippen molar-refractivity contribution in [2.45, 2.75) is 64.3 Å². The van der Waals surface area contributed by atoms with E-state index >= 15 is 0 Å². The van der Waals surface area contributed by atoms with Crippen LogP contribution in [-0.2, 0) is 4.79 Å². The molecule has 4 nitrogen and oxygen atoms in total. The highest BCUT2D eigenvalue weighted by Crippen LogP contribution is 2.23. The normalized spacial score (nSPS) is 24.7. The van der Waals surface area contributed by atoms with Gasteiger partial charge in [-0.2, -0.15) is 0 Å². The number of fused-ring (bicyclic) bond motifs is 1. The first-order valence-corrected chi connectivity index (χ1v) is 8.96. The van der Waals surface area contributed by atoms with Crippen LogP contribution in [0.15, 0.2) is 0 Å². The van der Waals surface area contributed by atoms with Gasteiger partial charge in [0.1, 0.15) is 0 Å². The van der Waals surface area contributed by atoms with Gasteiger partial charge in [0.25, 0.3) is 0 Å². The second-order valence-electron chi connectivity index (χ2n) is 6.80. The van der Waals surface area contributed by atoms with Crippen molar-refractivity contribution in [3.63, 3.8) is 0 Å². The first-order valence-electron chi connectivity index (χ1n) is 8.96. The second-order valence-corrected chi connectivity index (χ2v) is 6.80. The maximum absolute atomic E-state index is 12.5. The molecule has 0 aromatic heterocycles. The lowest BCUT2D eigenvalue weighted by molar-refractivity contribution is -0.131. The molecule has 4 heteroatoms. The van der Waals surface area contributed by atoms with Crippen LogP contribution in [0.4, 0.5) is 0 Å². The third-order valence-electron chi connectivity index (χ3n) is 5.19. The van der Waals surface area contributed by atoms with Gasteiger partial charge in [0, 0.05) is 32.1 Å². The summed E-state index contributed by atoms with van der Waals surface area (Å²) in [5.74, 6) is 1.01. The van der Waals surface area contributed by atoms with Crippen LogP contribution in [0.3, 0.4) is 0 Å². The Bertz CT molecular complexity index is 315. The highest BCUT2D eigenvalue weighted by atomic mass is 16.2. The summed E-state index contributed by atoms with van der Waals surface area (Å²) in [5.41, 5.74) is 5.69. The molecule has 2 saturated heterocycles. The molecule has 21 heavy (non-hydrogen) atoms. The van der Waals surface area contributed by atoms with E-state index < -0.39 is 0 Å². The zero-order chi connectivity index (χ0) is 15.1. The molecule has 2 aliphatic heterocycles. The Kier molecular flexibility index (Phi) is 6.97. The van der Waals surface area contributed by atoms with Crippen LogP contribution in [0.25, 0.3) is 0 Å². The van der Waals surface area contributed by atoms with Gasteiger partial charge in [0.15, 0.2) is 0 Å². The number of nitrogens with two attached hydrogens (primary N) is 1. The average Bonchev–Trinajstić information content (AvgIpc) is 2.82. The summed E-state index contributed by atoms with van der Waals surface area (Å²) >= 11 is 0. The van der Waals surface area contributed by atoms with Gasteiger partial charge in [-0.25, -0.2) is 0 Å². The van der Waals surface area contributed by atoms with Crippen molar-refractivity contribution in [3.05, 3.63) is 0 Å². The van der Waals surface area contributed by atoms with Crippen LogP contribution in [-0.4, -0.2) is 54.5 Å². The molecule has 0 saturated carbocycles. The number of carbonyl (C=O) groups is 1. The molecule has 1 amide bonds. The molecule has 2 atom stereocenters. The molecule has 0 radical (unpaired) electrons. The predicted octanol–water partition coefficient (Wildman–Crippen LogP) is 2.23. The monoisotopic (exact) mass is 295 g/mol. The summed E-state index contributed by atoms with van der Waals surface area (Å²) in [6.07, 6.45) is 8.94. The first-order chi connectivity index (χ1) is 10.2. The summed E-state index contributed by atoms with van der Waals surface area (Å²) in [7, 11) is 0. The number of amides is 1. The lowest BCUT2D eigenvalue weighted by Gasteiger charge is -2.26. The van der Waals surface area contributed by atoms with Crippen molar-refractivity contribution in [2.75, 3.05) is 32.7 Å². The van der Waals surface area contributed by atoms with Gasteiger partial charge in [0.05, 0.1) is 0 Å². The van der Waals surface area contributed by atoms with Crippen molar-refractivity contribution in [1.82, 2.24) is 9.80 Å². The average molecular weight is 295 g/mol. The van der Waals surface area contributed by atoms with Crippen LogP contribution in [0.2, 0.25) is 0 Å². The van der Waals surface area contributed by atoms with E-state index in [1.165, 1.54) is 38.8 Å². The van der Waals surface area contributed by atoms with Crippen molar-refractivity contribution < 1.29 is 4.79 Å². The van der Waals surface area contributed by atoms with Crippen molar-refractivity contribution in [3.8, 4) is 0 Å². The maximum atomic E-state index is 12.5. The van der Waals surface area contributed by atoms with E-state index in [0.29, 0.717) is 17.9 Å². The maximum Gasteiger partial charge on any atom is 0.222 e. The zero-order valence-corrected chi connectivity index (χ0v) is 13.7. The molecule has 0 bridgehead atoms. The van der Waals surface area contributed by atoms with Crippen LogP contribution >= 0.6 is 0 Å². The van der Waals surface area contributed by atoms with Gasteiger partial charge in [-0.15, -0.1) is 0 Å². The molecule has 122 valence electrons. The lowest BCUT2D eigenvalue weighted by Crippen LogP contribution is -2.39. The summed E-state index contributed by atoms with van der Waals surface area (Å²) in [6, 6.07) is 0.631. The third-order valence-corrected chi connectivity index (χ3v) is 5.19. The summed E-state index contributed by atoms with van der Waals surface area (Å²) in [4.78, 5) is 17.3. The summed E-state index contributed by atoms with van der Waals surface area (Å²) in [5, 5.41) is 0. The Hall–Kier alpha value is -0.610. The summed E-state index contributed by atoms with van der Waals surface area (Å²) in [6.45, 7) is 7.31. The van der Waals surface area contributed by atoms with Crippen LogP contribution in [0, 0.1) is 5.92 Å². The topological polar surface area (TPSA) is 49.6 Å². The van der Waals surface area contributed by atoms with E-state index in [1.807, 2.05) is 0 Å². The number of rotatable bonds is 7. The van der Waals surface area contributed by atoms with Gasteiger partial charge in [-0.1, -0.05) is 19.8 Å². The number of hydrogen-bond donors (Lipinski definition) is 1. The largest absolute Gasteiger partial charge is 0.341 e. The Morgan fingerprint density at radius 1 is 1.19 bits per heavy atom. The molecular formula is C17H33N3O. The van der Waals surface area contributed by atoms with Crippen LogP contribution < -0.4 is 5.73 Å². The fourth-order valence-electron chi connectivity index (χ4n) is 4.00. The third kappa shape index (κ3) is 4.96. The molecule has 0 spiro atoms. The highest BCUT2D eigenvalue weighted by molar-refractivity contribution is 5.76. The minimum absolute atomic E-state index is 0.377. The van der Waals surface area contributed by atoms with Crippen molar-refractivity contribution in [2.24, 2.45) is 11.7 Å². The second kappa shape index (κ2) is 8.74. The Labute approximate surface area is 130 Å². The van der Waals surface area contributed by atoms with E-state index in [1.54, 1.807) is 0 Å². The predicted molar refractivity (Wildman–Crippen MR) is 87.1 cm³/mol. The van der Waals surface area contributed by atoms with Gasteiger partial charge in [-0.05, 0) is 51.1 Å². The van der Waals surface area contributed by atoms with Crippen LogP contribution in [0.5, 0.6) is 0 Å². The molecule has 2 rings (SSSR count). The van der Waals surface area contributed by atoms with E-state index in [0.717, 1.165) is 45.3 Å². The Morgan fingerprint density at radius 3 is 2.76 bits per heavy atom. The van der Waals surface area contributed by atoms with E-state index in [9.17, 15) is 4.79 Å². The molecule has 2 fully saturated rings. The minimum Gasteiger partial charge on any atom is -0.341 e. The van der Waals surface area contributed by atoms with Crippen molar-refractivity contribution in [1.29, 1.82) is 0 Å².